The van der Waals surface area contributed by atoms with E-state index in [1.807, 2.05) is 0 Å². The molecule has 0 unspecified atom stereocenters. The second-order valence-corrected chi connectivity index (χ2v) is 7.08. The minimum atomic E-state index is -4.68. The Hall–Kier alpha value is -2.95. The molecule has 0 spiro atoms. The van der Waals surface area contributed by atoms with Crippen molar-refractivity contribution in [3.05, 3.63) is 29.6 Å². The average Bonchev–Trinajstić information content (AvgIpc) is 3.50. The second-order valence-electron chi connectivity index (χ2n) is 7.08. The number of pyridine rings is 1. The summed E-state index contributed by atoms with van der Waals surface area (Å²) in [5, 5.41) is 9.64. The number of nitrogens with zero attached hydrogens (tertiary/aromatic N) is 4. The Labute approximate surface area is 163 Å². The number of anilines is 2. The number of halogens is 3. The highest BCUT2D eigenvalue weighted by Gasteiger charge is 2.53. The minimum absolute atomic E-state index is 0.0381. The van der Waals surface area contributed by atoms with Crippen molar-refractivity contribution in [2.75, 3.05) is 36.9 Å². The van der Waals surface area contributed by atoms with Crippen LogP contribution in [0, 0.1) is 0 Å². The van der Waals surface area contributed by atoms with E-state index < -0.39 is 23.1 Å². The van der Waals surface area contributed by atoms with Crippen LogP contribution in [0.15, 0.2) is 18.3 Å². The third kappa shape index (κ3) is 3.57. The number of nitrogens with two attached hydrogens (primary N) is 1. The molecule has 29 heavy (non-hydrogen) atoms. The van der Waals surface area contributed by atoms with Crippen LogP contribution in [0.4, 0.5) is 24.9 Å². The predicted octanol–water partition coefficient (Wildman–Crippen LogP) is 2.09. The number of rotatable bonds is 4. The van der Waals surface area contributed by atoms with Gasteiger partial charge in [-0.15, -0.1) is 0 Å². The maximum atomic E-state index is 13.6. The summed E-state index contributed by atoms with van der Waals surface area (Å²) in [6, 6.07) is 2.06. The molecule has 0 bridgehead atoms. The fourth-order valence-corrected chi connectivity index (χ4v) is 3.34. The van der Waals surface area contributed by atoms with Crippen LogP contribution in [0.1, 0.15) is 24.1 Å². The van der Waals surface area contributed by atoms with Gasteiger partial charge < -0.3 is 20.5 Å². The maximum Gasteiger partial charge on any atom is 0.417 e. The Bertz CT molecular complexity index is 956. The first-order valence-corrected chi connectivity index (χ1v) is 8.99. The zero-order valence-electron chi connectivity index (χ0n) is 15.2. The van der Waals surface area contributed by atoms with Gasteiger partial charge in [0.05, 0.1) is 30.2 Å². The standard InChI is InChI=1S/C18H18F3N5O3/c19-18(20,21)11-7-14(22)23-9-10(11)12-8-13(17(1-2-17)15(27)28)25-16(24-12)26-3-5-29-6-4-26/h7-9H,1-6H2,(H2,22,23)(H,27,28). The number of carboxylic acids is 1. The summed E-state index contributed by atoms with van der Waals surface area (Å²) in [5.74, 6) is -1.15. The average molecular weight is 409 g/mol. The fraction of sp³-hybridized carbons (Fsp3) is 0.444. The Morgan fingerprint density at radius 1 is 1.21 bits per heavy atom. The summed E-state index contributed by atoms with van der Waals surface area (Å²) < 4.78 is 46.1. The van der Waals surface area contributed by atoms with Crippen molar-refractivity contribution in [1.82, 2.24) is 15.0 Å². The molecular weight excluding hydrogens is 391 g/mol. The lowest BCUT2D eigenvalue weighted by Gasteiger charge is -2.28. The molecule has 154 valence electrons. The quantitative estimate of drug-likeness (QED) is 0.789. The third-order valence-electron chi connectivity index (χ3n) is 5.16. The number of morpholine rings is 1. The second kappa shape index (κ2) is 6.83. The number of alkyl halides is 3. The van der Waals surface area contributed by atoms with E-state index in [1.165, 1.54) is 6.07 Å². The van der Waals surface area contributed by atoms with E-state index in [1.54, 1.807) is 4.90 Å². The van der Waals surface area contributed by atoms with Crippen LogP contribution in [0.2, 0.25) is 0 Å². The molecule has 0 amide bonds. The molecule has 3 heterocycles. The molecule has 4 rings (SSSR count). The van der Waals surface area contributed by atoms with Crippen LogP contribution in [-0.2, 0) is 21.1 Å². The van der Waals surface area contributed by atoms with E-state index in [2.05, 4.69) is 15.0 Å². The van der Waals surface area contributed by atoms with Crippen LogP contribution >= 0.6 is 0 Å². The Morgan fingerprint density at radius 2 is 1.90 bits per heavy atom. The van der Waals surface area contributed by atoms with Gasteiger partial charge in [0.1, 0.15) is 11.2 Å². The lowest BCUT2D eigenvalue weighted by molar-refractivity contribution is -0.140. The molecule has 2 aromatic heterocycles. The number of aliphatic carboxylic acids is 1. The van der Waals surface area contributed by atoms with Crippen molar-refractivity contribution in [2.24, 2.45) is 0 Å². The Morgan fingerprint density at radius 3 is 2.48 bits per heavy atom. The van der Waals surface area contributed by atoms with Gasteiger partial charge in [0.2, 0.25) is 5.95 Å². The maximum absolute atomic E-state index is 13.6. The Kier molecular flexibility index (Phi) is 4.56. The van der Waals surface area contributed by atoms with E-state index in [9.17, 15) is 23.1 Å². The van der Waals surface area contributed by atoms with Crippen molar-refractivity contribution in [2.45, 2.75) is 24.4 Å². The van der Waals surface area contributed by atoms with Gasteiger partial charge in [-0.2, -0.15) is 13.2 Å². The van der Waals surface area contributed by atoms with E-state index in [0.717, 1.165) is 12.3 Å². The highest BCUT2D eigenvalue weighted by Crippen LogP contribution is 2.49. The molecule has 2 aliphatic rings. The molecule has 1 saturated heterocycles. The molecule has 1 saturated carbocycles. The molecule has 1 aliphatic carbocycles. The van der Waals surface area contributed by atoms with Crippen molar-refractivity contribution >= 4 is 17.7 Å². The van der Waals surface area contributed by atoms with Crippen LogP contribution in [0.5, 0.6) is 0 Å². The fourth-order valence-electron chi connectivity index (χ4n) is 3.34. The van der Waals surface area contributed by atoms with Gasteiger partial charge in [-0.25, -0.2) is 15.0 Å². The monoisotopic (exact) mass is 409 g/mol. The number of hydrogen-bond acceptors (Lipinski definition) is 7. The molecule has 2 fully saturated rings. The van der Waals surface area contributed by atoms with E-state index in [4.69, 9.17) is 10.5 Å². The van der Waals surface area contributed by atoms with Crippen molar-refractivity contribution < 1.29 is 27.8 Å². The number of carboxylic acid groups (broad SMARTS) is 1. The SMILES string of the molecule is Nc1cc(C(F)(F)F)c(-c2cc(C3(C(=O)O)CC3)nc(N3CCOCC3)n2)cn1. The molecule has 0 atom stereocenters. The van der Waals surface area contributed by atoms with E-state index >= 15 is 0 Å². The van der Waals surface area contributed by atoms with Gasteiger partial charge in [-0.1, -0.05) is 0 Å². The smallest absolute Gasteiger partial charge is 0.417 e. The molecule has 0 radical (unpaired) electrons. The summed E-state index contributed by atoms with van der Waals surface area (Å²) >= 11 is 0. The zero-order valence-corrected chi connectivity index (χ0v) is 15.2. The van der Waals surface area contributed by atoms with Crippen LogP contribution in [0.3, 0.4) is 0 Å². The van der Waals surface area contributed by atoms with Crippen molar-refractivity contribution in [1.29, 1.82) is 0 Å². The summed E-state index contributed by atoms with van der Waals surface area (Å²) in [7, 11) is 0. The molecule has 8 nitrogen and oxygen atoms in total. The topological polar surface area (TPSA) is 114 Å². The number of nitrogen functional groups attached to an aromatic ring is 1. The number of ether oxygens (including phenoxy) is 1. The predicted molar refractivity (Wildman–Crippen MR) is 96.3 cm³/mol. The largest absolute Gasteiger partial charge is 0.481 e. The highest BCUT2D eigenvalue weighted by molar-refractivity contribution is 5.85. The summed E-state index contributed by atoms with van der Waals surface area (Å²) in [6.45, 7) is 1.75. The first kappa shape index (κ1) is 19.4. The van der Waals surface area contributed by atoms with Crippen molar-refractivity contribution in [3.63, 3.8) is 0 Å². The zero-order chi connectivity index (χ0) is 20.8. The highest BCUT2D eigenvalue weighted by atomic mass is 19.4. The van der Waals surface area contributed by atoms with E-state index in [0.29, 0.717) is 39.1 Å². The Balaban J connectivity index is 1.89. The number of aromatic nitrogens is 3. The van der Waals surface area contributed by atoms with Gasteiger partial charge in [0.25, 0.3) is 0 Å². The number of carbonyl (C=O) groups is 1. The first-order valence-electron chi connectivity index (χ1n) is 8.99. The third-order valence-corrected chi connectivity index (χ3v) is 5.16. The summed E-state index contributed by atoms with van der Waals surface area (Å²) in [6.07, 6.45) is -2.94. The van der Waals surface area contributed by atoms with Crippen LogP contribution < -0.4 is 10.6 Å². The molecule has 1 aliphatic heterocycles. The van der Waals surface area contributed by atoms with Gasteiger partial charge in [-0.05, 0) is 25.0 Å². The molecule has 11 heteroatoms. The molecule has 0 aromatic carbocycles. The van der Waals surface area contributed by atoms with Crippen LogP contribution in [-0.4, -0.2) is 52.3 Å². The van der Waals surface area contributed by atoms with Crippen molar-refractivity contribution in [3.8, 4) is 11.3 Å². The lowest BCUT2D eigenvalue weighted by atomic mass is 9.99. The van der Waals surface area contributed by atoms with Gasteiger partial charge in [0.15, 0.2) is 0 Å². The minimum Gasteiger partial charge on any atom is -0.481 e. The number of hydrogen-bond donors (Lipinski definition) is 2. The summed E-state index contributed by atoms with van der Waals surface area (Å²) in [4.78, 5) is 26.1. The van der Waals surface area contributed by atoms with Crippen LogP contribution in [0.25, 0.3) is 11.3 Å². The van der Waals surface area contributed by atoms with Gasteiger partial charge in [-0.3, -0.25) is 4.79 Å². The van der Waals surface area contributed by atoms with Gasteiger partial charge in [0, 0.05) is 24.8 Å². The first-order chi connectivity index (χ1) is 13.7. The molecule has 2 aromatic rings. The summed E-state index contributed by atoms with van der Waals surface area (Å²) in [5.41, 5.74) is 3.16. The van der Waals surface area contributed by atoms with E-state index in [-0.39, 0.29) is 28.7 Å². The normalized spacial score (nSPS) is 18.5. The molecule has 3 N–H and O–H groups in total. The van der Waals surface area contributed by atoms with Gasteiger partial charge >= 0.3 is 12.1 Å². The molecular formula is C18H18F3N5O3. The lowest BCUT2D eigenvalue weighted by Crippen LogP contribution is -2.38.